The number of carbonyl (C=O) groups excluding carboxylic acids is 1. The van der Waals surface area contributed by atoms with Crippen molar-refractivity contribution >= 4 is 5.91 Å². The molecule has 1 amide bonds. The Kier molecular flexibility index (Phi) is 5.72. The molecule has 0 aromatic carbocycles. The van der Waals surface area contributed by atoms with Crippen LogP contribution < -0.4 is 11.1 Å². The quantitative estimate of drug-likeness (QED) is 0.650. The highest BCUT2D eigenvalue weighted by atomic mass is 16.2. The summed E-state index contributed by atoms with van der Waals surface area (Å²) in [6.07, 6.45) is 3.35. The predicted octanol–water partition coefficient (Wildman–Crippen LogP) is 1.03. The normalized spacial score (nSPS) is 15.3. The van der Waals surface area contributed by atoms with E-state index in [1.807, 2.05) is 6.92 Å². The van der Waals surface area contributed by atoms with Gasteiger partial charge in [0.15, 0.2) is 0 Å². The fraction of sp³-hybridized carbons (Fsp3) is 0.889. The van der Waals surface area contributed by atoms with Gasteiger partial charge in [0.25, 0.3) is 0 Å². The number of nitrogens with one attached hydrogen (secondary N) is 1. The molecule has 0 heterocycles. The van der Waals surface area contributed by atoms with Gasteiger partial charge in [-0.25, -0.2) is 0 Å². The zero-order chi connectivity index (χ0) is 9.56. The molecule has 3 heteroatoms. The number of amides is 1. The summed E-state index contributed by atoms with van der Waals surface area (Å²) in [5.41, 5.74) is 5.40. The summed E-state index contributed by atoms with van der Waals surface area (Å²) in [6, 6.07) is -0.141. The first-order valence-corrected chi connectivity index (χ1v) is 4.63. The van der Waals surface area contributed by atoms with Crippen LogP contribution in [0.25, 0.3) is 0 Å². The SMILES string of the molecule is CCCCC(C)NC(=O)[C@@H](C)N. The predicted molar refractivity (Wildman–Crippen MR) is 50.8 cm³/mol. The molecule has 0 aliphatic rings. The van der Waals surface area contributed by atoms with Crippen LogP contribution in [0.2, 0.25) is 0 Å². The van der Waals surface area contributed by atoms with Crippen LogP contribution in [0.1, 0.15) is 40.0 Å². The van der Waals surface area contributed by atoms with Crippen molar-refractivity contribution in [3.8, 4) is 0 Å². The molecular formula is C9H20N2O. The molecule has 0 aliphatic carbocycles. The van der Waals surface area contributed by atoms with Crippen LogP contribution in [-0.2, 0) is 4.79 Å². The lowest BCUT2D eigenvalue weighted by Crippen LogP contribution is -2.42. The standard InChI is InChI=1S/C9H20N2O/c1-4-5-6-7(2)11-9(12)8(3)10/h7-8H,4-6,10H2,1-3H3,(H,11,12)/t7?,8-/m1/s1. The maximum Gasteiger partial charge on any atom is 0.236 e. The summed E-state index contributed by atoms with van der Waals surface area (Å²) in [5, 5.41) is 2.85. The summed E-state index contributed by atoms with van der Waals surface area (Å²) < 4.78 is 0. The molecule has 0 spiro atoms. The minimum Gasteiger partial charge on any atom is -0.352 e. The Morgan fingerprint density at radius 3 is 2.50 bits per heavy atom. The molecular weight excluding hydrogens is 152 g/mol. The van der Waals surface area contributed by atoms with Crippen LogP contribution in [-0.4, -0.2) is 18.0 Å². The zero-order valence-corrected chi connectivity index (χ0v) is 8.26. The number of hydrogen-bond acceptors (Lipinski definition) is 2. The van der Waals surface area contributed by atoms with Gasteiger partial charge in [0.1, 0.15) is 0 Å². The smallest absolute Gasteiger partial charge is 0.236 e. The maximum atomic E-state index is 11.1. The molecule has 3 N–H and O–H groups in total. The molecule has 1 unspecified atom stereocenters. The van der Waals surface area contributed by atoms with E-state index in [-0.39, 0.29) is 11.9 Å². The molecule has 0 radical (unpaired) electrons. The van der Waals surface area contributed by atoms with Gasteiger partial charge < -0.3 is 11.1 Å². The molecule has 2 atom stereocenters. The van der Waals surface area contributed by atoms with Crippen LogP contribution in [0.4, 0.5) is 0 Å². The monoisotopic (exact) mass is 172 g/mol. The van der Waals surface area contributed by atoms with Gasteiger partial charge in [-0.1, -0.05) is 19.8 Å². The second-order valence-electron chi connectivity index (χ2n) is 3.34. The number of nitrogens with two attached hydrogens (primary N) is 1. The topological polar surface area (TPSA) is 55.1 Å². The third-order valence-electron chi connectivity index (χ3n) is 1.79. The Hall–Kier alpha value is -0.570. The van der Waals surface area contributed by atoms with Gasteiger partial charge in [-0.2, -0.15) is 0 Å². The molecule has 0 aromatic heterocycles. The fourth-order valence-corrected chi connectivity index (χ4v) is 0.957. The third kappa shape index (κ3) is 5.13. The van der Waals surface area contributed by atoms with Crippen molar-refractivity contribution < 1.29 is 4.79 Å². The van der Waals surface area contributed by atoms with Crippen molar-refractivity contribution in [2.45, 2.75) is 52.1 Å². The minimum atomic E-state index is -0.394. The largest absolute Gasteiger partial charge is 0.352 e. The van der Waals surface area contributed by atoms with E-state index in [4.69, 9.17) is 5.73 Å². The van der Waals surface area contributed by atoms with E-state index in [0.29, 0.717) is 0 Å². The number of unbranched alkanes of at least 4 members (excludes halogenated alkanes) is 1. The van der Waals surface area contributed by atoms with Crippen molar-refractivity contribution in [2.75, 3.05) is 0 Å². The summed E-state index contributed by atoms with van der Waals surface area (Å²) in [4.78, 5) is 11.1. The van der Waals surface area contributed by atoms with Crippen molar-refractivity contribution in [1.29, 1.82) is 0 Å². The first-order valence-electron chi connectivity index (χ1n) is 4.63. The lowest BCUT2D eigenvalue weighted by Gasteiger charge is -2.14. The van der Waals surface area contributed by atoms with Gasteiger partial charge in [0.2, 0.25) is 5.91 Å². The molecule has 0 bridgehead atoms. The van der Waals surface area contributed by atoms with Gasteiger partial charge >= 0.3 is 0 Å². The molecule has 0 fully saturated rings. The molecule has 0 saturated carbocycles. The van der Waals surface area contributed by atoms with Gasteiger partial charge in [0.05, 0.1) is 6.04 Å². The highest BCUT2D eigenvalue weighted by Crippen LogP contribution is 1.99. The first kappa shape index (κ1) is 11.4. The number of rotatable bonds is 5. The van der Waals surface area contributed by atoms with Crippen molar-refractivity contribution in [2.24, 2.45) is 5.73 Å². The van der Waals surface area contributed by atoms with Crippen molar-refractivity contribution in [3.05, 3.63) is 0 Å². The molecule has 0 aromatic rings. The second-order valence-corrected chi connectivity index (χ2v) is 3.34. The molecule has 0 rings (SSSR count). The Labute approximate surface area is 74.7 Å². The molecule has 0 aliphatic heterocycles. The second kappa shape index (κ2) is 6.00. The van der Waals surface area contributed by atoms with Crippen molar-refractivity contribution in [1.82, 2.24) is 5.32 Å². The third-order valence-corrected chi connectivity index (χ3v) is 1.79. The summed E-state index contributed by atoms with van der Waals surface area (Å²) >= 11 is 0. The highest BCUT2D eigenvalue weighted by molar-refractivity contribution is 5.81. The van der Waals surface area contributed by atoms with Gasteiger partial charge in [0, 0.05) is 6.04 Å². The van der Waals surface area contributed by atoms with E-state index >= 15 is 0 Å². The lowest BCUT2D eigenvalue weighted by atomic mass is 10.1. The van der Waals surface area contributed by atoms with E-state index < -0.39 is 6.04 Å². The Morgan fingerprint density at radius 1 is 1.50 bits per heavy atom. The van der Waals surface area contributed by atoms with E-state index in [9.17, 15) is 4.79 Å². The van der Waals surface area contributed by atoms with Gasteiger partial charge in [-0.3, -0.25) is 4.79 Å². The van der Waals surface area contributed by atoms with E-state index in [1.54, 1.807) is 6.92 Å². The molecule has 72 valence electrons. The minimum absolute atomic E-state index is 0.0568. The maximum absolute atomic E-state index is 11.1. The Morgan fingerprint density at radius 2 is 2.08 bits per heavy atom. The summed E-state index contributed by atoms with van der Waals surface area (Å²) in [5.74, 6) is -0.0568. The first-order chi connectivity index (χ1) is 5.57. The summed E-state index contributed by atoms with van der Waals surface area (Å²) in [7, 11) is 0. The van der Waals surface area contributed by atoms with Gasteiger partial charge in [-0.15, -0.1) is 0 Å². The summed E-state index contributed by atoms with van der Waals surface area (Å²) in [6.45, 7) is 5.85. The highest BCUT2D eigenvalue weighted by Gasteiger charge is 2.09. The Bertz CT molecular complexity index is 134. The molecule has 0 saturated heterocycles. The van der Waals surface area contributed by atoms with Crippen LogP contribution in [0.15, 0.2) is 0 Å². The van der Waals surface area contributed by atoms with Crippen LogP contribution in [0.3, 0.4) is 0 Å². The van der Waals surface area contributed by atoms with Crippen molar-refractivity contribution in [3.63, 3.8) is 0 Å². The number of carbonyl (C=O) groups is 1. The number of hydrogen-bond donors (Lipinski definition) is 2. The van der Waals surface area contributed by atoms with Crippen LogP contribution in [0.5, 0.6) is 0 Å². The average molecular weight is 172 g/mol. The van der Waals surface area contributed by atoms with Gasteiger partial charge in [-0.05, 0) is 20.3 Å². The molecule has 12 heavy (non-hydrogen) atoms. The lowest BCUT2D eigenvalue weighted by molar-refractivity contribution is -0.122. The van der Waals surface area contributed by atoms with Crippen LogP contribution >= 0.6 is 0 Å². The van der Waals surface area contributed by atoms with E-state index in [0.717, 1.165) is 12.8 Å². The Balaban J connectivity index is 3.54. The average Bonchev–Trinajstić information content (AvgIpc) is 2.00. The molecule has 3 nitrogen and oxygen atoms in total. The zero-order valence-electron chi connectivity index (χ0n) is 8.26. The van der Waals surface area contributed by atoms with E-state index in [1.165, 1.54) is 6.42 Å². The fourth-order valence-electron chi connectivity index (χ4n) is 0.957. The van der Waals surface area contributed by atoms with E-state index in [2.05, 4.69) is 12.2 Å². The van der Waals surface area contributed by atoms with Crippen LogP contribution in [0, 0.1) is 0 Å².